The monoisotopic (exact) mass is 237 g/mol. The van der Waals surface area contributed by atoms with Gasteiger partial charge in [0.05, 0.1) is 0 Å². The number of carbonyl (C=O) groups excluding carboxylic acids is 1. The van der Waals surface area contributed by atoms with Crippen LogP contribution in [0.5, 0.6) is 0 Å². The number of alkyl halides is 1. The van der Waals surface area contributed by atoms with Gasteiger partial charge in [-0.2, -0.15) is 11.8 Å². The lowest BCUT2D eigenvalue weighted by Crippen LogP contribution is -2.41. The molecule has 0 aliphatic carbocycles. The third kappa shape index (κ3) is 4.09. The molecule has 0 bridgehead atoms. The van der Waals surface area contributed by atoms with E-state index in [9.17, 15) is 4.79 Å². The van der Waals surface area contributed by atoms with Crippen molar-refractivity contribution < 1.29 is 4.79 Å². The normalized spacial score (nSPS) is 13.8. The molecule has 14 heavy (non-hydrogen) atoms. The molecule has 1 unspecified atom stereocenters. The molecule has 4 heteroatoms. The first kappa shape index (κ1) is 14.1. The van der Waals surface area contributed by atoms with Crippen molar-refractivity contribution >= 4 is 29.3 Å². The van der Waals surface area contributed by atoms with E-state index < -0.39 is 5.38 Å². The molecule has 0 aromatic carbocycles. The van der Waals surface area contributed by atoms with Crippen molar-refractivity contribution in [2.24, 2.45) is 0 Å². The van der Waals surface area contributed by atoms with Gasteiger partial charge in [0.2, 0.25) is 5.91 Å². The zero-order valence-corrected chi connectivity index (χ0v) is 11.0. The number of hydrogen-bond acceptors (Lipinski definition) is 2. The Labute approximate surface area is 96.2 Å². The van der Waals surface area contributed by atoms with E-state index in [2.05, 4.69) is 25.4 Å². The van der Waals surface area contributed by atoms with Gasteiger partial charge in [-0.25, -0.2) is 0 Å². The van der Waals surface area contributed by atoms with E-state index in [1.807, 2.05) is 11.8 Å². The predicted octanol–water partition coefficient (Wildman–Crippen LogP) is 2.65. The molecule has 0 rings (SSSR count). The highest BCUT2D eigenvalue weighted by atomic mass is 35.5. The second kappa shape index (κ2) is 6.57. The number of nitrogens with one attached hydrogen (secondary N) is 1. The van der Waals surface area contributed by atoms with Crippen molar-refractivity contribution in [1.82, 2.24) is 5.32 Å². The van der Waals surface area contributed by atoms with Crippen molar-refractivity contribution in [2.75, 3.05) is 12.8 Å². The lowest BCUT2D eigenvalue weighted by molar-refractivity contribution is -0.120. The number of carbonyl (C=O) groups is 1. The van der Waals surface area contributed by atoms with Crippen LogP contribution >= 0.6 is 23.4 Å². The van der Waals surface area contributed by atoms with Crippen molar-refractivity contribution in [3.05, 3.63) is 0 Å². The zero-order chi connectivity index (χ0) is 11.2. The maximum Gasteiger partial charge on any atom is 0.237 e. The number of hydrogen-bond donors (Lipinski definition) is 1. The highest BCUT2D eigenvalue weighted by Gasteiger charge is 2.25. The molecule has 2 nitrogen and oxygen atoms in total. The second-order valence-corrected chi connectivity index (χ2v) is 5.36. The second-order valence-electron chi connectivity index (χ2n) is 3.43. The van der Waals surface area contributed by atoms with Crippen LogP contribution in [0.25, 0.3) is 0 Å². The Morgan fingerprint density at radius 3 is 2.29 bits per heavy atom. The van der Waals surface area contributed by atoms with Gasteiger partial charge in [0.1, 0.15) is 5.38 Å². The number of halogens is 1. The molecule has 0 aromatic rings. The van der Waals surface area contributed by atoms with Crippen LogP contribution in [0.1, 0.15) is 33.6 Å². The smallest absolute Gasteiger partial charge is 0.237 e. The van der Waals surface area contributed by atoms with E-state index in [1.54, 1.807) is 6.92 Å². The van der Waals surface area contributed by atoms with Crippen LogP contribution in [0, 0.1) is 0 Å². The SMILES string of the molecule is CCC(CC)(CNC(=O)C(C)Cl)SC. The average Bonchev–Trinajstić information content (AvgIpc) is 2.20. The van der Waals surface area contributed by atoms with Gasteiger partial charge in [0, 0.05) is 11.3 Å². The van der Waals surface area contributed by atoms with Crippen molar-refractivity contribution in [2.45, 2.75) is 43.7 Å². The lowest BCUT2D eigenvalue weighted by atomic mass is 10.0. The van der Waals surface area contributed by atoms with Crippen LogP contribution < -0.4 is 5.32 Å². The van der Waals surface area contributed by atoms with Crippen LogP contribution in [0.4, 0.5) is 0 Å². The van der Waals surface area contributed by atoms with E-state index in [0.29, 0.717) is 6.54 Å². The van der Waals surface area contributed by atoms with Crippen LogP contribution in [0.3, 0.4) is 0 Å². The topological polar surface area (TPSA) is 29.1 Å². The Morgan fingerprint density at radius 2 is 2.00 bits per heavy atom. The fourth-order valence-electron chi connectivity index (χ4n) is 1.25. The number of amides is 1. The molecule has 0 radical (unpaired) electrons. The molecule has 0 spiro atoms. The molecule has 1 N–H and O–H groups in total. The first-order chi connectivity index (χ1) is 6.51. The fourth-order valence-corrected chi connectivity index (χ4v) is 2.12. The van der Waals surface area contributed by atoms with E-state index in [4.69, 9.17) is 11.6 Å². The van der Waals surface area contributed by atoms with Gasteiger partial charge in [-0.1, -0.05) is 13.8 Å². The molecule has 0 saturated heterocycles. The molecule has 84 valence electrons. The van der Waals surface area contributed by atoms with Gasteiger partial charge in [-0.15, -0.1) is 11.6 Å². The van der Waals surface area contributed by atoms with Gasteiger partial charge in [-0.3, -0.25) is 4.79 Å². The van der Waals surface area contributed by atoms with Gasteiger partial charge in [0.25, 0.3) is 0 Å². The number of rotatable bonds is 6. The molecule has 0 aromatic heterocycles. The lowest BCUT2D eigenvalue weighted by Gasteiger charge is -2.30. The molecule has 0 aliphatic heterocycles. The molecule has 1 atom stereocenters. The summed E-state index contributed by atoms with van der Waals surface area (Å²) < 4.78 is 0.168. The van der Waals surface area contributed by atoms with Gasteiger partial charge in [-0.05, 0) is 26.0 Å². The summed E-state index contributed by atoms with van der Waals surface area (Å²) in [4.78, 5) is 11.3. The summed E-state index contributed by atoms with van der Waals surface area (Å²) in [5.41, 5.74) is 0. The standard InChI is InChI=1S/C10H20ClNOS/c1-5-10(6-2,14-4)7-12-9(13)8(3)11/h8H,5-7H2,1-4H3,(H,12,13). The first-order valence-electron chi connectivity index (χ1n) is 4.98. The summed E-state index contributed by atoms with van der Waals surface area (Å²) >= 11 is 7.48. The van der Waals surface area contributed by atoms with Gasteiger partial charge < -0.3 is 5.32 Å². The van der Waals surface area contributed by atoms with E-state index >= 15 is 0 Å². The number of thioether (sulfide) groups is 1. The Kier molecular flexibility index (Phi) is 6.62. The largest absolute Gasteiger partial charge is 0.353 e. The highest BCUT2D eigenvalue weighted by Crippen LogP contribution is 2.29. The highest BCUT2D eigenvalue weighted by molar-refractivity contribution is 8.00. The van der Waals surface area contributed by atoms with Crippen LogP contribution in [0.2, 0.25) is 0 Å². The fraction of sp³-hybridized carbons (Fsp3) is 0.900. The average molecular weight is 238 g/mol. The maximum absolute atomic E-state index is 11.3. The Morgan fingerprint density at radius 1 is 1.50 bits per heavy atom. The van der Waals surface area contributed by atoms with E-state index in [1.165, 1.54) is 0 Å². The molecule has 0 heterocycles. The zero-order valence-electron chi connectivity index (χ0n) is 9.39. The van der Waals surface area contributed by atoms with Gasteiger partial charge in [0.15, 0.2) is 0 Å². The van der Waals surface area contributed by atoms with Crippen LogP contribution in [-0.2, 0) is 4.79 Å². The van der Waals surface area contributed by atoms with E-state index in [0.717, 1.165) is 12.8 Å². The Hall–Kier alpha value is 0.110. The van der Waals surface area contributed by atoms with Crippen LogP contribution in [-0.4, -0.2) is 28.8 Å². The summed E-state index contributed by atoms with van der Waals surface area (Å²) in [6.45, 7) is 6.69. The summed E-state index contributed by atoms with van der Waals surface area (Å²) in [5, 5.41) is 2.44. The minimum absolute atomic E-state index is 0.0769. The molecule has 0 aliphatic rings. The van der Waals surface area contributed by atoms with Crippen molar-refractivity contribution in [3.8, 4) is 0 Å². The molecule has 0 fully saturated rings. The molecule has 1 amide bonds. The predicted molar refractivity (Wildman–Crippen MR) is 65.2 cm³/mol. The quantitative estimate of drug-likeness (QED) is 0.720. The summed E-state index contributed by atoms with van der Waals surface area (Å²) in [5.74, 6) is -0.0769. The summed E-state index contributed by atoms with van der Waals surface area (Å²) in [6, 6.07) is 0. The minimum atomic E-state index is -0.441. The Balaban J connectivity index is 4.12. The first-order valence-corrected chi connectivity index (χ1v) is 6.64. The summed E-state index contributed by atoms with van der Waals surface area (Å²) in [7, 11) is 0. The molecule has 0 saturated carbocycles. The minimum Gasteiger partial charge on any atom is -0.353 e. The van der Waals surface area contributed by atoms with Gasteiger partial charge >= 0.3 is 0 Å². The van der Waals surface area contributed by atoms with Crippen molar-refractivity contribution in [3.63, 3.8) is 0 Å². The summed E-state index contributed by atoms with van der Waals surface area (Å²) in [6.07, 6.45) is 4.20. The van der Waals surface area contributed by atoms with Crippen LogP contribution in [0.15, 0.2) is 0 Å². The Bertz CT molecular complexity index is 173. The third-order valence-electron chi connectivity index (χ3n) is 2.67. The molecular formula is C10H20ClNOS. The molecular weight excluding hydrogens is 218 g/mol. The van der Waals surface area contributed by atoms with Crippen molar-refractivity contribution in [1.29, 1.82) is 0 Å². The van der Waals surface area contributed by atoms with E-state index in [-0.39, 0.29) is 10.7 Å². The maximum atomic E-state index is 11.3. The third-order valence-corrected chi connectivity index (χ3v) is 4.45.